The molecule has 0 saturated heterocycles. The minimum atomic E-state index is -3.66. The van der Waals surface area contributed by atoms with Gasteiger partial charge in [0.2, 0.25) is 0 Å². The number of aliphatic hydroxyl groups is 1. The molecule has 0 aliphatic carbocycles. The van der Waals surface area contributed by atoms with Gasteiger partial charge in [0.15, 0.2) is 0 Å². The van der Waals surface area contributed by atoms with Gasteiger partial charge >= 0.3 is 0 Å². The second kappa shape index (κ2) is 5.06. The van der Waals surface area contributed by atoms with Crippen LogP contribution >= 0.6 is 0 Å². The number of aliphatic hydroxyl groups excluding tert-OH is 1. The first-order valence-electron chi connectivity index (χ1n) is 5.77. The van der Waals surface area contributed by atoms with Crippen molar-refractivity contribution in [2.45, 2.75) is 25.0 Å². The van der Waals surface area contributed by atoms with Crippen LogP contribution in [-0.4, -0.2) is 27.9 Å². The van der Waals surface area contributed by atoms with Crippen molar-refractivity contribution in [3.05, 3.63) is 30.4 Å². The summed E-state index contributed by atoms with van der Waals surface area (Å²) in [6, 6.07) is 1.44. The van der Waals surface area contributed by atoms with Gasteiger partial charge in [0.05, 0.1) is 18.5 Å². The van der Waals surface area contributed by atoms with Gasteiger partial charge in [0.25, 0.3) is 10.0 Å². The smallest absolute Gasteiger partial charge is 0.263 e. The van der Waals surface area contributed by atoms with Crippen LogP contribution in [0.4, 0.5) is 5.69 Å². The van der Waals surface area contributed by atoms with Crippen LogP contribution in [0.5, 0.6) is 0 Å². The SMILES string of the molecule is CCn1cc(NS(=O)(=O)c2cc(CO)n(C)c2)cn1. The van der Waals surface area contributed by atoms with Gasteiger partial charge in [0, 0.05) is 31.7 Å². The highest BCUT2D eigenvalue weighted by molar-refractivity contribution is 7.92. The lowest BCUT2D eigenvalue weighted by atomic mass is 10.5. The molecule has 0 unspecified atom stereocenters. The fourth-order valence-electron chi connectivity index (χ4n) is 1.68. The highest BCUT2D eigenvalue weighted by Crippen LogP contribution is 2.17. The molecule has 0 bridgehead atoms. The molecule has 19 heavy (non-hydrogen) atoms. The number of rotatable bonds is 5. The van der Waals surface area contributed by atoms with Gasteiger partial charge < -0.3 is 9.67 Å². The van der Waals surface area contributed by atoms with Crippen molar-refractivity contribution in [1.82, 2.24) is 14.3 Å². The molecule has 104 valence electrons. The third-order valence-electron chi connectivity index (χ3n) is 2.76. The summed E-state index contributed by atoms with van der Waals surface area (Å²) in [6.45, 7) is 2.37. The monoisotopic (exact) mass is 284 g/mol. The van der Waals surface area contributed by atoms with E-state index in [1.165, 1.54) is 18.5 Å². The van der Waals surface area contributed by atoms with E-state index >= 15 is 0 Å². The first-order valence-corrected chi connectivity index (χ1v) is 7.26. The van der Waals surface area contributed by atoms with Gasteiger partial charge in [-0.1, -0.05) is 0 Å². The molecule has 0 aliphatic heterocycles. The highest BCUT2D eigenvalue weighted by Gasteiger charge is 2.18. The van der Waals surface area contributed by atoms with Crippen LogP contribution in [0.25, 0.3) is 0 Å². The third kappa shape index (κ3) is 2.79. The van der Waals surface area contributed by atoms with Crippen molar-refractivity contribution < 1.29 is 13.5 Å². The van der Waals surface area contributed by atoms with E-state index < -0.39 is 10.0 Å². The van der Waals surface area contributed by atoms with E-state index in [0.29, 0.717) is 17.9 Å². The zero-order chi connectivity index (χ0) is 14.0. The maximum atomic E-state index is 12.1. The van der Waals surface area contributed by atoms with Gasteiger partial charge in [-0.3, -0.25) is 9.40 Å². The molecule has 0 fully saturated rings. The van der Waals surface area contributed by atoms with E-state index in [1.54, 1.807) is 22.5 Å². The Morgan fingerprint density at radius 3 is 2.68 bits per heavy atom. The molecule has 0 radical (unpaired) electrons. The van der Waals surface area contributed by atoms with Crippen molar-refractivity contribution >= 4 is 15.7 Å². The van der Waals surface area contributed by atoms with E-state index in [9.17, 15) is 8.42 Å². The summed E-state index contributed by atoms with van der Waals surface area (Å²) >= 11 is 0. The number of nitrogens with zero attached hydrogens (tertiary/aromatic N) is 3. The molecule has 2 heterocycles. The summed E-state index contributed by atoms with van der Waals surface area (Å²) in [5.74, 6) is 0. The lowest BCUT2D eigenvalue weighted by molar-refractivity contribution is 0.272. The van der Waals surface area contributed by atoms with Crippen molar-refractivity contribution in [3.8, 4) is 0 Å². The molecule has 2 rings (SSSR count). The van der Waals surface area contributed by atoms with Crippen molar-refractivity contribution in [1.29, 1.82) is 0 Å². The molecule has 2 N–H and O–H groups in total. The predicted molar refractivity (Wildman–Crippen MR) is 70.0 cm³/mol. The van der Waals surface area contributed by atoms with E-state index in [-0.39, 0.29) is 11.5 Å². The zero-order valence-corrected chi connectivity index (χ0v) is 11.6. The average Bonchev–Trinajstić information content (AvgIpc) is 2.95. The molecule has 8 heteroatoms. The maximum Gasteiger partial charge on any atom is 0.263 e. The largest absolute Gasteiger partial charge is 0.390 e. The second-order valence-corrected chi connectivity index (χ2v) is 5.81. The van der Waals surface area contributed by atoms with E-state index in [1.807, 2.05) is 6.92 Å². The van der Waals surface area contributed by atoms with Gasteiger partial charge in [0.1, 0.15) is 4.90 Å². The number of aromatic nitrogens is 3. The van der Waals surface area contributed by atoms with Crippen LogP contribution in [0, 0.1) is 0 Å². The Labute approximate surface area is 111 Å². The maximum absolute atomic E-state index is 12.1. The first-order chi connectivity index (χ1) is 8.96. The van der Waals surface area contributed by atoms with Crippen LogP contribution in [0.3, 0.4) is 0 Å². The molecule has 0 aromatic carbocycles. The second-order valence-electron chi connectivity index (χ2n) is 4.13. The Kier molecular flexibility index (Phi) is 3.63. The van der Waals surface area contributed by atoms with Gasteiger partial charge in [-0.05, 0) is 13.0 Å². The summed E-state index contributed by atoms with van der Waals surface area (Å²) in [6.07, 6.45) is 4.53. The normalized spacial score (nSPS) is 11.7. The molecule has 2 aromatic heterocycles. The lowest BCUT2D eigenvalue weighted by Gasteiger charge is -2.02. The average molecular weight is 284 g/mol. The molecule has 0 saturated carbocycles. The van der Waals surface area contributed by atoms with Crippen molar-refractivity contribution in [2.24, 2.45) is 7.05 Å². The number of sulfonamides is 1. The minimum Gasteiger partial charge on any atom is -0.390 e. The quantitative estimate of drug-likeness (QED) is 0.838. The molecule has 0 spiro atoms. The topological polar surface area (TPSA) is 89.1 Å². The number of nitrogens with one attached hydrogen (secondary N) is 1. The predicted octanol–water partition coefficient (Wildman–Crippen LogP) is 0.535. The number of hydrogen-bond acceptors (Lipinski definition) is 4. The number of anilines is 1. The molecular formula is C11H16N4O3S. The molecule has 7 nitrogen and oxygen atoms in total. The Morgan fingerprint density at radius 2 is 2.16 bits per heavy atom. The van der Waals surface area contributed by atoms with Crippen LogP contribution in [0.2, 0.25) is 0 Å². The fraction of sp³-hybridized carbons (Fsp3) is 0.364. The molecular weight excluding hydrogens is 268 g/mol. The minimum absolute atomic E-state index is 0.114. The Balaban J connectivity index is 2.26. The van der Waals surface area contributed by atoms with Crippen molar-refractivity contribution in [3.63, 3.8) is 0 Å². The number of hydrogen-bond donors (Lipinski definition) is 2. The summed E-state index contributed by atoms with van der Waals surface area (Å²) < 4.78 is 29.9. The summed E-state index contributed by atoms with van der Waals surface area (Å²) in [7, 11) is -1.98. The van der Waals surface area contributed by atoms with Crippen LogP contribution < -0.4 is 4.72 Å². The Morgan fingerprint density at radius 1 is 1.42 bits per heavy atom. The Hall–Kier alpha value is -1.80. The van der Waals surface area contributed by atoms with Gasteiger partial charge in [-0.2, -0.15) is 5.10 Å². The van der Waals surface area contributed by atoms with Crippen LogP contribution in [-0.2, 0) is 30.2 Å². The highest BCUT2D eigenvalue weighted by atomic mass is 32.2. The molecule has 0 atom stereocenters. The first kappa shape index (κ1) is 13.6. The zero-order valence-electron chi connectivity index (χ0n) is 10.7. The molecule has 0 amide bonds. The van der Waals surface area contributed by atoms with Crippen LogP contribution in [0.1, 0.15) is 12.6 Å². The molecule has 2 aromatic rings. The van der Waals surface area contributed by atoms with Gasteiger partial charge in [-0.15, -0.1) is 0 Å². The summed E-state index contributed by atoms with van der Waals surface area (Å²) in [4.78, 5) is 0.114. The van der Waals surface area contributed by atoms with Crippen LogP contribution in [0.15, 0.2) is 29.6 Å². The number of aryl methyl sites for hydroxylation is 2. The standard InChI is InChI=1S/C11H16N4O3S/c1-3-15-6-9(5-12-15)13-19(17,18)11-4-10(8-16)14(2)7-11/h4-7,13,16H,3,8H2,1-2H3. The van der Waals surface area contributed by atoms with E-state index in [4.69, 9.17) is 5.11 Å². The van der Waals surface area contributed by atoms with E-state index in [0.717, 1.165) is 0 Å². The van der Waals surface area contributed by atoms with Gasteiger partial charge in [-0.25, -0.2) is 8.42 Å². The summed E-state index contributed by atoms with van der Waals surface area (Å²) in [5.41, 5.74) is 0.945. The molecule has 0 aliphatic rings. The summed E-state index contributed by atoms with van der Waals surface area (Å²) in [5, 5.41) is 13.1. The fourth-order valence-corrected chi connectivity index (χ4v) is 2.81. The lowest BCUT2D eigenvalue weighted by Crippen LogP contribution is -2.11. The van der Waals surface area contributed by atoms with Crippen molar-refractivity contribution in [2.75, 3.05) is 4.72 Å². The third-order valence-corrected chi connectivity index (χ3v) is 4.11. The Bertz CT molecular complexity index is 672. The van der Waals surface area contributed by atoms with E-state index in [2.05, 4.69) is 9.82 Å².